The van der Waals surface area contributed by atoms with Gasteiger partial charge in [0.15, 0.2) is 0 Å². The summed E-state index contributed by atoms with van der Waals surface area (Å²) < 4.78 is 1.87. The van der Waals surface area contributed by atoms with Gasteiger partial charge in [0.2, 0.25) is 0 Å². The monoisotopic (exact) mass is 229 g/mol. The van der Waals surface area contributed by atoms with Crippen LogP contribution in [0, 0.1) is 0 Å². The third kappa shape index (κ3) is 5.20. The van der Waals surface area contributed by atoms with Crippen LogP contribution >= 0.6 is 11.8 Å². The van der Waals surface area contributed by atoms with Gasteiger partial charge in [-0.15, -0.1) is 0 Å². The van der Waals surface area contributed by atoms with Gasteiger partial charge in [-0.1, -0.05) is 0 Å². The Hall–Kier alpha value is -0.520. The molecule has 0 saturated heterocycles. The molecule has 0 spiro atoms. The van der Waals surface area contributed by atoms with Crippen LogP contribution in [0.1, 0.15) is 6.92 Å². The summed E-state index contributed by atoms with van der Waals surface area (Å²) in [7, 11) is 0. The lowest BCUT2D eigenvalue weighted by Crippen LogP contribution is -2.41. The molecule has 86 valence electrons. The first-order chi connectivity index (χ1) is 7.14. The van der Waals surface area contributed by atoms with Crippen LogP contribution in [0.5, 0.6) is 0 Å². The predicted octanol–water partition coefficient (Wildman–Crippen LogP) is 0.587. The molecule has 0 aliphatic rings. The fourth-order valence-corrected chi connectivity index (χ4v) is 2.07. The van der Waals surface area contributed by atoms with E-state index in [9.17, 15) is 5.11 Å². The van der Waals surface area contributed by atoms with Crippen molar-refractivity contribution in [1.82, 2.24) is 15.1 Å². The van der Waals surface area contributed by atoms with E-state index in [-0.39, 0.29) is 0 Å². The zero-order valence-electron chi connectivity index (χ0n) is 9.31. The third-order valence-electron chi connectivity index (χ3n) is 2.04. The quantitative estimate of drug-likeness (QED) is 0.672. The Balaban J connectivity index is 2.11. The molecule has 1 unspecified atom stereocenters. The van der Waals surface area contributed by atoms with Crippen LogP contribution in [0.25, 0.3) is 0 Å². The minimum absolute atomic E-state index is 0.620. The van der Waals surface area contributed by atoms with Crippen LogP contribution in [0.2, 0.25) is 0 Å². The van der Waals surface area contributed by atoms with Gasteiger partial charge in [-0.3, -0.25) is 4.68 Å². The molecule has 1 atom stereocenters. The molecule has 1 rings (SSSR count). The van der Waals surface area contributed by atoms with Gasteiger partial charge >= 0.3 is 0 Å². The van der Waals surface area contributed by atoms with Crippen molar-refractivity contribution in [3.63, 3.8) is 0 Å². The molecular formula is C10H19N3OS. The van der Waals surface area contributed by atoms with Gasteiger partial charge in [-0.05, 0) is 19.2 Å². The third-order valence-corrected chi connectivity index (χ3v) is 2.95. The Morgan fingerprint density at radius 2 is 2.40 bits per heavy atom. The van der Waals surface area contributed by atoms with Crippen LogP contribution < -0.4 is 5.32 Å². The van der Waals surface area contributed by atoms with Crippen molar-refractivity contribution >= 4 is 11.8 Å². The van der Waals surface area contributed by atoms with E-state index in [1.54, 1.807) is 18.0 Å². The average Bonchev–Trinajstić information content (AvgIpc) is 2.65. The first kappa shape index (κ1) is 12.5. The normalized spacial score (nSPS) is 15.1. The smallest absolute Gasteiger partial charge is 0.0833 e. The van der Waals surface area contributed by atoms with E-state index in [0.29, 0.717) is 6.54 Å². The van der Waals surface area contributed by atoms with Crippen molar-refractivity contribution in [1.29, 1.82) is 0 Å². The summed E-state index contributed by atoms with van der Waals surface area (Å²) in [6.07, 6.45) is 5.70. The van der Waals surface area contributed by atoms with Gasteiger partial charge in [0.1, 0.15) is 0 Å². The molecule has 5 heteroatoms. The minimum Gasteiger partial charge on any atom is -0.388 e. The van der Waals surface area contributed by atoms with E-state index in [4.69, 9.17) is 0 Å². The molecule has 15 heavy (non-hydrogen) atoms. The zero-order valence-corrected chi connectivity index (χ0v) is 10.1. The Labute approximate surface area is 95.1 Å². The lowest BCUT2D eigenvalue weighted by Gasteiger charge is -2.22. The summed E-state index contributed by atoms with van der Waals surface area (Å²) in [4.78, 5) is 0. The first-order valence-electron chi connectivity index (χ1n) is 5.03. The molecule has 0 fully saturated rings. The van der Waals surface area contributed by atoms with E-state index in [0.717, 1.165) is 18.8 Å². The van der Waals surface area contributed by atoms with Crippen molar-refractivity contribution in [3.05, 3.63) is 18.5 Å². The van der Waals surface area contributed by atoms with E-state index in [1.807, 2.05) is 30.1 Å². The highest BCUT2D eigenvalue weighted by Crippen LogP contribution is 2.08. The van der Waals surface area contributed by atoms with Gasteiger partial charge in [-0.25, -0.2) is 0 Å². The summed E-state index contributed by atoms with van der Waals surface area (Å²) in [5, 5.41) is 17.2. The van der Waals surface area contributed by atoms with Crippen molar-refractivity contribution in [2.24, 2.45) is 0 Å². The molecule has 0 bridgehead atoms. The maximum Gasteiger partial charge on any atom is 0.0833 e. The number of aliphatic hydroxyl groups is 1. The average molecular weight is 229 g/mol. The highest BCUT2D eigenvalue weighted by molar-refractivity contribution is 7.98. The number of nitrogens with one attached hydrogen (secondary N) is 1. The van der Waals surface area contributed by atoms with Crippen molar-refractivity contribution in [3.8, 4) is 0 Å². The van der Waals surface area contributed by atoms with Crippen LogP contribution in [0.15, 0.2) is 18.5 Å². The Morgan fingerprint density at radius 3 is 3.00 bits per heavy atom. The van der Waals surface area contributed by atoms with E-state index in [1.165, 1.54) is 0 Å². The Kier molecular flexibility index (Phi) is 5.14. The SMILES string of the molecule is CSCC(C)(O)CNCCn1cccn1. The van der Waals surface area contributed by atoms with Gasteiger partial charge in [0.25, 0.3) is 0 Å². The number of hydrogen-bond acceptors (Lipinski definition) is 4. The van der Waals surface area contributed by atoms with Crippen LogP contribution in [0.4, 0.5) is 0 Å². The molecule has 1 aromatic heterocycles. The van der Waals surface area contributed by atoms with Crippen LogP contribution in [0.3, 0.4) is 0 Å². The summed E-state index contributed by atoms with van der Waals surface area (Å²) in [6.45, 7) is 4.13. The molecule has 1 heterocycles. The largest absolute Gasteiger partial charge is 0.388 e. The topological polar surface area (TPSA) is 50.1 Å². The van der Waals surface area contributed by atoms with E-state index < -0.39 is 5.60 Å². The Morgan fingerprint density at radius 1 is 1.60 bits per heavy atom. The summed E-state index contributed by atoms with van der Waals surface area (Å²) in [6, 6.07) is 1.91. The fourth-order valence-electron chi connectivity index (χ4n) is 1.35. The number of rotatable bonds is 7. The first-order valence-corrected chi connectivity index (χ1v) is 6.43. The zero-order chi connectivity index (χ0) is 11.1. The number of aromatic nitrogens is 2. The second kappa shape index (κ2) is 6.15. The van der Waals surface area contributed by atoms with E-state index >= 15 is 0 Å². The molecule has 4 nitrogen and oxygen atoms in total. The minimum atomic E-state index is -0.621. The van der Waals surface area contributed by atoms with Gasteiger partial charge in [0, 0.05) is 31.2 Å². The summed E-state index contributed by atoms with van der Waals surface area (Å²) in [5.74, 6) is 0.752. The second-order valence-corrected chi connectivity index (χ2v) is 4.74. The molecule has 0 radical (unpaired) electrons. The van der Waals surface area contributed by atoms with Gasteiger partial charge in [-0.2, -0.15) is 16.9 Å². The van der Waals surface area contributed by atoms with Gasteiger partial charge in [0.05, 0.1) is 12.1 Å². The molecule has 0 aromatic carbocycles. The highest BCUT2D eigenvalue weighted by Gasteiger charge is 2.18. The molecular weight excluding hydrogens is 210 g/mol. The number of hydrogen-bond donors (Lipinski definition) is 2. The van der Waals surface area contributed by atoms with Crippen molar-refractivity contribution in [2.75, 3.05) is 25.1 Å². The second-order valence-electron chi connectivity index (χ2n) is 3.88. The summed E-state index contributed by atoms with van der Waals surface area (Å²) >= 11 is 1.66. The molecule has 1 aromatic rings. The lowest BCUT2D eigenvalue weighted by atomic mass is 10.1. The lowest BCUT2D eigenvalue weighted by molar-refractivity contribution is 0.0847. The number of nitrogens with zero attached hydrogens (tertiary/aromatic N) is 2. The van der Waals surface area contributed by atoms with Gasteiger partial charge < -0.3 is 10.4 Å². The molecule has 0 saturated carbocycles. The van der Waals surface area contributed by atoms with Crippen molar-refractivity contribution in [2.45, 2.75) is 19.1 Å². The molecule has 2 N–H and O–H groups in total. The summed E-state index contributed by atoms with van der Waals surface area (Å²) in [5.41, 5.74) is -0.621. The van der Waals surface area contributed by atoms with Crippen LogP contribution in [-0.4, -0.2) is 45.6 Å². The molecule has 0 aliphatic carbocycles. The van der Waals surface area contributed by atoms with Crippen molar-refractivity contribution < 1.29 is 5.11 Å². The Bertz CT molecular complexity index is 262. The number of thioether (sulfide) groups is 1. The maximum absolute atomic E-state index is 9.87. The fraction of sp³-hybridized carbons (Fsp3) is 0.700. The molecule has 0 aliphatic heterocycles. The van der Waals surface area contributed by atoms with Crippen LogP contribution in [-0.2, 0) is 6.54 Å². The predicted molar refractivity (Wildman–Crippen MR) is 64.1 cm³/mol. The maximum atomic E-state index is 9.87. The molecule has 0 amide bonds. The van der Waals surface area contributed by atoms with E-state index in [2.05, 4.69) is 10.4 Å². The standard InChI is InChI=1S/C10H19N3OS/c1-10(14,9-15-2)8-11-5-7-13-6-3-4-12-13/h3-4,6,11,14H,5,7-9H2,1-2H3. The highest BCUT2D eigenvalue weighted by atomic mass is 32.2.